The van der Waals surface area contributed by atoms with Gasteiger partial charge in [0, 0.05) is 19.5 Å². The molecular weight excluding hydrogens is 318 g/mol. The van der Waals surface area contributed by atoms with Crippen molar-refractivity contribution in [2.45, 2.75) is 125 Å². The molecule has 0 fully saturated rings. The Balaban J connectivity index is 5.04. The van der Waals surface area contributed by atoms with Crippen LogP contribution in [0.4, 0.5) is 0 Å². The minimum absolute atomic E-state index is 0.247. The maximum Gasteiger partial charge on any atom is 0.219 e. The van der Waals surface area contributed by atoms with E-state index in [0.29, 0.717) is 12.0 Å². The molecule has 0 aromatic rings. The molecule has 0 rings (SSSR count). The second-order valence-corrected chi connectivity index (χ2v) is 8.02. The summed E-state index contributed by atoms with van der Waals surface area (Å²) in [5.41, 5.74) is 1.65. The summed E-state index contributed by atoms with van der Waals surface area (Å²) in [5, 5.41) is 0. The number of hydrogen-bond donors (Lipinski definition) is 0. The quantitative estimate of drug-likeness (QED) is 0.204. The lowest BCUT2D eigenvalue weighted by atomic mass is 9.87. The molecule has 0 aliphatic carbocycles. The van der Waals surface area contributed by atoms with E-state index in [0.717, 1.165) is 32.2 Å². The van der Waals surface area contributed by atoms with Gasteiger partial charge in [0.1, 0.15) is 0 Å². The van der Waals surface area contributed by atoms with Gasteiger partial charge in [-0.1, -0.05) is 78.4 Å². The lowest BCUT2D eigenvalue weighted by molar-refractivity contribution is -0.131. The van der Waals surface area contributed by atoms with Gasteiger partial charge in [0.25, 0.3) is 0 Å². The number of allylic oxidation sites excluding steroid dienone is 2. The monoisotopic (exact) mass is 365 g/mol. The highest BCUT2D eigenvalue weighted by Crippen LogP contribution is 2.27. The van der Waals surface area contributed by atoms with E-state index in [1.807, 2.05) is 0 Å². The summed E-state index contributed by atoms with van der Waals surface area (Å²) in [6.07, 6.45) is 17.3. The Morgan fingerprint density at radius 2 is 1.58 bits per heavy atom. The fourth-order valence-electron chi connectivity index (χ4n) is 3.94. The van der Waals surface area contributed by atoms with Crippen LogP contribution in [0, 0.1) is 5.92 Å². The van der Waals surface area contributed by atoms with Crippen LogP contribution in [0.15, 0.2) is 11.6 Å². The molecule has 0 aliphatic rings. The highest BCUT2D eigenvalue weighted by atomic mass is 16.2. The van der Waals surface area contributed by atoms with E-state index in [9.17, 15) is 4.79 Å². The zero-order valence-electron chi connectivity index (χ0n) is 18.8. The van der Waals surface area contributed by atoms with Gasteiger partial charge in [-0.25, -0.2) is 0 Å². The van der Waals surface area contributed by atoms with Crippen LogP contribution in [0.5, 0.6) is 0 Å². The number of rotatable bonds is 16. The molecule has 0 radical (unpaired) electrons. The Bertz CT molecular complexity index is 374. The van der Waals surface area contributed by atoms with E-state index in [1.54, 1.807) is 12.5 Å². The molecule has 2 unspecified atom stereocenters. The number of unbranched alkanes of at least 4 members (excludes halogenated alkanes) is 5. The summed E-state index contributed by atoms with van der Waals surface area (Å²) in [5.74, 6) is 0.834. The van der Waals surface area contributed by atoms with E-state index in [-0.39, 0.29) is 5.91 Å². The van der Waals surface area contributed by atoms with Gasteiger partial charge in [0.15, 0.2) is 0 Å². The van der Waals surface area contributed by atoms with Gasteiger partial charge in [-0.3, -0.25) is 4.79 Å². The fourth-order valence-corrected chi connectivity index (χ4v) is 3.94. The first-order valence-corrected chi connectivity index (χ1v) is 11.5. The van der Waals surface area contributed by atoms with Crippen molar-refractivity contribution in [3.05, 3.63) is 11.6 Å². The van der Waals surface area contributed by atoms with Gasteiger partial charge < -0.3 is 4.90 Å². The summed E-state index contributed by atoms with van der Waals surface area (Å²) in [6.45, 7) is 14.0. The summed E-state index contributed by atoms with van der Waals surface area (Å²) < 4.78 is 0. The third-order valence-electron chi connectivity index (χ3n) is 5.47. The maximum atomic E-state index is 12.2. The van der Waals surface area contributed by atoms with Gasteiger partial charge in [-0.2, -0.15) is 0 Å². The Kier molecular flexibility index (Phi) is 15.9. The van der Waals surface area contributed by atoms with Crippen molar-refractivity contribution in [2.24, 2.45) is 5.92 Å². The van der Waals surface area contributed by atoms with Crippen LogP contribution < -0.4 is 0 Å². The zero-order chi connectivity index (χ0) is 19.8. The third-order valence-corrected chi connectivity index (χ3v) is 5.47. The molecule has 0 heterocycles. The van der Waals surface area contributed by atoms with Gasteiger partial charge in [0.05, 0.1) is 0 Å². The summed E-state index contributed by atoms with van der Waals surface area (Å²) in [4.78, 5) is 14.3. The fraction of sp³-hybridized carbons (Fsp3) is 0.875. The van der Waals surface area contributed by atoms with Crippen molar-refractivity contribution in [3.63, 3.8) is 0 Å². The topological polar surface area (TPSA) is 20.3 Å². The first-order valence-electron chi connectivity index (χ1n) is 11.5. The minimum Gasteiger partial charge on any atom is -0.340 e. The summed E-state index contributed by atoms with van der Waals surface area (Å²) in [6, 6.07) is 0.401. The van der Waals surface area contributed by atoms with Crippen LogP contribution in [0.2, 0.25) is 0 Å². The van der Waals surface area contributed by atoms with E-state index in [1.165, 1.54) is 51.4 Å². The molecule has 0 aromatic heterocycles. The average Bonchev–Trinajstić information content (AvgIpc) is 2.61. The smallest absolute Gasteiger partial charge is 0.219 e. The van der Waals surface area contributed by atoms with Crippen molar-refractivity contribution in [1.82, 2.24) is 4.90 Å². The van der Waals surface area contributed by atoms with Crippen molar-refractivity contribution in [1.29, 1.82) is 0 Å². The molecule has 154 valence electrons. The van der Waals surface area contributed by atoms with E-state index < -0.39 is 0 Å². The second kappa shape index (κ2) is 16.4. The molecule has 0 saturated carbocycles. The molecule has 2 nitrogen and oxygen atoms in total. The minimum atomic E-state index is 0.247. The molecule has 0 aromatic carbocycles. The Morgan fingerprint density at radius 3 is 2.12 bits per heavy atom. The van der Waals surface area contributed by atoms with Crippen LogP contribution in [0.25, 0.3) is 0 Å². The largest absolute Gasteiger partial charge is 0.340 e. The predicted octanol–water partition coefficient (Wildman–Crippen LogP) is 7.53. The lowest BCUT2D eigenvalue weighted by Crippen LogP contribution is -2.40. The number of amides is 1. The van der Waals surface area contributed by atoms with E-state index in [2.05, 4.69) is 45.6 Å². The van der Waals surface area contributed by atoms with Crippen LogP contribution in [0.1, 0.15) is 119 Å². The van der Waals surface area contributed by atoms with E-state index in [4.69, 9.17) is 0 Å². The molecule has 26 heavy (non-hydrogen) atoms. The molecule has 0 saturated heterocycles. The Hall–Kier alpha value is -0.790. The molecular formula is C24H47NO. The SMILES string of the molecule is CCCCC/C=C(\CCCCC)C(C)CC(CCC)N(CCC)C(C)=O. The van der Waals surface area contributed by atoms with Crippen LogP contribution in [-0.4, -0.2) is 23.4 Å². The molecule has 0 N–H and O–H groups in total. The number of carbonyl (C=O) groups excluding carboxylic acids is 1. The summed E-state index contributed by atoms with van der Waals surface area (Å²) >= 11 is 0. The van der Waals surface area contributed by atoms with Crippen molar-refractivity contribution < 1.29 is 4.79 Å². The first-order chi connectivity index (χ1) is 12.5. The molecule has 2 atom stereocenters. The van der Waals surface area contributed by atoms with Crippen LogP contribution in [-0.2, 0) is 4.79 Å². The summed E-state index contributed by atoms with van der Waals surface area (Å²) in [7, 11) is 0. The standard InChI is InChI=1S/C24H47NO/c1-7-11-13-15-18-23(17-14-12-8-2)21(5)20-24(16-9-3)25(19-10-4)22(6)26/h18,21,24H,7-17,19-20H2,1-6H3/b23-18+. The van der Waals surface area contributed by atoms with Crippen molar-refractivity contribution in [2.75, 3.05) is 6.54 Å². The first kappa shape index (κ1) is 25.2. The normalized spacial score (nSPS) is 14.3. The number of carbonyl (C=O) groups is 1. The average molecular weight is 366 g/mol. The highest BCUT2D eigenvalue weighted by molar-refractivity contribution is 5.73. The van der Waals surface area contributed by atoms with Crippen molar-refractivity contribution >= 4 is 5.91 Å². The predicted molar refractivity (Wildman–Crippen MR) is 117 cm³/mol. The Morgan fingerprint density at radius 1 is 0.923 bits per heavy atom. The molecule has 2 heteroatoms. The van der Waals surface area contributed by atoms with Crippen LogP contribution in [0.3, 0.4) is 0 Å². The molecule has 1 amide bonds. The van der Waals surface area contributed by atoms with Gasteiger partial charge in [0.2, 0.25) is 5.91 Å². The van der Waals surface area contributed by atoms with Gasteiger partial charge >= 0.3 is 0 Å². The van der Waals surface area contributed by atoms with Gasteiger partial charge in [-0.15, -0.1) is 0 Å². The Labute approximate surface area is 164 Å². The molecule has 0 aliphatic heterocycles. The van der Waals surface area contributed by atoms with Gasteiger partial charge in [-0.05, 0) is 50.9 Å². The third kappa shape index (κ3) is 11.0. The second-order valence-electron chi connectivity index (χ2n) is 8.02. The number of nitrogens with zero attached hydrogens (tertiary/aromatic N) is 1. The molecule has 0 bridgehead atoms. The zero-order valence-corrected chi connectivity index (χ0v) is 18.8. The highest BCUT2D eigenvalue weighted by Gasteiger charge is 2.23. The van der Waals surface area contributed by atoms with Crippen molar-refractivity contribution in [3.8, 4) is 0 Å². The number of hydrogen-bond acceptors (Lipinski definition) is 1. The van der Waals surface area contributed by atoms with Crippen LogP contribution >= 0.6 is 0 Å². The maximum absolute atomic E-state index is 12.2. The molecule has 0 spiro atoms. The lowest BCUT2D eigenvalue weighted by Gasteiger charge is -2.33. The van der Waals surface area contributed by atoms with E-state index >= 15 is 0 Å².